The summed E-state index contributed by atoms with van der Waals surface area (Å²) >= 11 is 5.38. The van der Waals surface area contributed by atoms with Gasteiger partial charge in [0.1, 0.15) is 5.88 Å². The van der Waals surface area contributed by atoms with Crippen LogP contribution in [0, 0.1) is 10.1 Å². The van der Waals surface area contributed by atoms with Gasteiger partial charge in [0.15, 0.2) is 5.75 Å². The van der Waals surface area contributed by atoms with Gasteiger partial charge in [-0.15, -0.1) is 11.6 Å². The van der Waals surface area contributed by atoms with E-state index in [1.807, 2.05) is 0 Å². The van der Waals surface area contributed by atoms with Gasteiger partial charge < -0.3 is 10.0 Å². The number of halogens is 1. The Morgan fingerprint density at radius 3 is 2.76 bits per heavy atom. The van der Waals surface area contributed by atoms with Gasteiger partial charge in [0.2, 0.25) is 5.91 Å². The first kappa shape index (κ1) is 13.2. The van der Waals surface area contributed by atoms with E-state index < -0.39 is 10.7 Å². The molecule has 1 aromatic carbocycles. The fourth-order valence-electron chi connectivity index (χ4n) is 1.28. The standard InChI is InChI=1S/C10H11ClN2O4/c1-12(10(15)5-11)6-7-2-3-9(14)8(4-7)13(16)17/h2-4,14H,5-6H2,1H3. The van der Waals surface area contributed by atoms with Gasteiger partial charge in [0.05, 0.1) is 4.92 Å². The van der Waals surface area contributed by atoms with E-state index in [2.05, 4.69) is 0 Å². The molecule has 6 nitrogen and oxygen atoms in total. The summed E-state index contributed by atoms with van der Waals surface area (Å²) in [5.74, 6) is -0.816. The van der Waals surface area contributed by atoms with Crippen LogP contribution in [0.15, 0.2) is 18.2 Å². The molecule has 1 amide bonds. The number of nitro groups is 1. The van der Waals surface area contributed by atoms with E-state index in [1.165, 1.54) is 23.1 Å². The van der Waals surface area contributed by atoms with E-state index in [0.717, 1.165) is 0 Å². The van der Waals surface area contributed by atoms with Crippen LogP contribution < -0.4 is 0 Å². The summed E-state index contributed by atoms with van der Waals surface area (Å²) in [5.41, 5.74) is 0.171. The minimum Gasteiger partial charge on any atom is -0.502 e. The summed E-state index contributed by atoms with van der Waals surface area (Å²) in [5, 5.41) is 19.8. The first-order valence-corrected chi connectivity index (χ1v) is 5.25. The van der Waals surface area contributed by atoms with Crippen molar-refractivity contribution >= 4 is 23.2 Å². The number of nitrogens with zero attached hydrogens (tertiary/aromatic N) is 2. The van der Waals surface area contributed by atoms with Gasteiger partial charge in [-0.3, -0.25) is 14.9 Å². The molecule has 0 aliphatic rings. The molecule has 1 aromatic rings. The highest BCUT2D eigenvalue weighted by molar-refractivity contribution is 6.27. The molecule has 0 unspecified atom stereocenters. The third-order valence-electron chi connectivity index (χ3n) is 2.20. The predicted octanol–water partition coefficient (Wildman–Crippen LogP) is 1.50. The number of phenolic OH excluding ortho intramolecular Hbond substituents is 1. The molecule has 0 fully saturated rings. The predicted molar refractivity (Wildman–Crippen MR) is 62.0 cm³/mol. The lowest BCUT2D eigenvalue weighted by atomic mass is 10.2. The Morgan fingerprint density at radius 2 is 2.24 bits per heavy atom. The zero-order valence-electron chi connectivity index (χ0n) is 9.09. The number of benzene rings is 1. The van der Waals surface area contributed by atoms with Crippen LogP contribution >= 0.6 is 11.6 Å². The van der Waals surface area contributed by atoms with Gasteiger partial charge in [-0.25, -0.2) is 0 Å². The molecule has 92 valence electrons. The van der Waals surface area contributed by atoms with Gasteiger partial charge in [-0.05, 0) is 11.6 Å². The van der Waals surface area contributed by atoms with Crippen LogP contribution in [-0.4, -0.2) is 33.8 Å². The lowest BCUT2D eigenvalue weighted by molar-refractivity contribution is -0.385. The van der Waals surface area contributed by atoms with Crippen LogP contribution in [0.25, 0.3) is 0 Å². The highest BCUT2D eigenvalue weighted by atomic mass is 35.5. The Morgan fingerprint density at radius 1 is 1.59 bits per heavy atom. The van der Waals surface area contributed by atoms with E-state index in [0.29, 0.717) is 5.56 Å². The van der Waals surface area contributed by atoms with Crippen LogP contribution in [0.3, 0.4) is 0 Å². The van der Waals surface area contributed by atoms with E-state index in [4.69, 9.17) is 11.6 Å². The summed E-state index contributed by atoms with van der Waals surface area (Å²) in [7, 11) is 1.55. The molecule has 0 saturated heterocycles. The van der Waals surface area contributed by atoms with Crippen molar-refractivity contribution in [3.05, 3.63) is 33.9 Å². The number of amides is 1. The smallest absolute Gasteiger partial charge is 0.311 e. The van der Waals surface area contributed by atoms with Crippen molar-refractivity contribution in [2.75, 3.05) is 12.9 Å². The molecule has 1 N–H and O–H groups in total. The fraction of sp³-hybridized carbons (Fsp3) is 0.300. The lowest BCUT2D eigenvalue weighted by Gasteiger charge is -2.15. The van der Waals surface area contributed by atoms with Crippen molar-refractivity contribution in [2.24, 2.45) is 0 Å². The first-order chi connectivity index (χ1) is 7.95. The molecule has 0 aromatic heterocycles. The minimum atomic E-state index is -0.678. The number of aromatic hydroxyl groups is 1. The average molecular weight is 259 g/mol. The van der Waals surface area contributed by atoms with E-state index in [9.17, 15) is 20.0 Å². The van der Waals surface area contributed by atoms with Crippen LogP contribution in [0.2, 0.25) is 0 Å². The zero-order valence-corrected chi connectivity index (χ0v) is 9.85. The quantitative estimate of drug-likeness (QED) is 0.504. The van der Waals surface area contributed by atoms with E-state index in [-0.39, 0.29) is 24.0 Å². The van der Waals surface area contributed by atoms with Crippen LogP contribution in [-0.2, 0) is 11.3 Å². The molecule has 7 heteroatoms. The third kappa shape index (κ3) is 3.32. The summed E-state index contributed by atoms with van der Waals surface area (Å²) in [4.78, 5) is 22.5. The Labute approximate surface area is 103 Å². The van der Waals surface area contributed by atoms with E-state index >= 15 is 0 Å². The second-order valence-electron chi connectivity index (χ2n) is 3.46. The van der Waals surface area contributed by atoms with Gasteiger partial charge in [0.25, 0.3) is 0 Å². The molecular weight excluding hydrogens is 248 g/mol. The molecule has 0 saturated carbocycles. The molecule has 0 spiro atoms. The highest BCUT2D eigenvalue weighted by Crippen LogP contribution is 2.26. The van der Waals surface area contributed by atoms with Gasteiger partial charge in [-0.1, -0.05) is 6.07 Å². The maximum absolute atomic E-state index is 11.2. The summed E-state index contributed by atoms with van der Waals surface area (Å²) < 4.78 is 0. The molecule has 0 aliphatic carbocycles. The molecule has 0 bridgehead atoms. The summed E-state index contributed by atoms with van der Waals surface area (Å²) in [6, 6.07) is 3.97. The van der Waals surface area contributed by atoms with Crippen LogP contribution in [0.5, 0.6) is 5.75 Å². The van der Waals surface area contributed by atoms with Crippen molar-refractivity contribution in [2.45, 2.75) is 6.54 Å². The second-order valence-corrected chi connectivity index (χ2v) is 3.73. The number of rotatable bonds is 4. The second kappa shape index (κ2) is 5.49. The maximum atomic E-state index is 11.2. The van der Waals surface area contributed by atoms with Crippen molar-refractivity contribution < 1.29 is 14.8 Å². The molecule has 1 rings (SSSR count). The SMILES string of the molecule is CN(Cc1ccc(O)c([N+](=O)[O-])c1)C(=O)CCl. The van der Waals surface area contributed by atoms with Gasteiger partial charge in [0, 0.05) is 19.7 Å². The lowest BCUT2D eigenvalue weighted by Crippen LogP contribution is -2.27. The Kier molecular flexibility index (Phi) is 4.28. The van der Waals surface area contributed by atoms with Gasteiger partial charge >= 0.3 is 5.69 Å². The number of carbonyl (C=O) groups is 1. The number of hydrogen-bond acceptors (Lipinski definition) is 4. The number of nitro benzene ring substituents is 1. The average Bonchev–Trinajstić information content (AvgIpc) is 2.30. The monoisotopic (exact) mass is 258 g/mol. The van der Waals surface area contributed by atoms with Crippen molar-refractivity contribution in [1.29, 1.82) is 0 Å². The number of carbonyl (C=O) groups excluding carboxylic acids is 1. The summed E-state index contributed by atoms with van der Waals surface area (Å²) in [6.45, 7) is 0.201. The van der Waals surface area contributed by atoms with Gasteiger partial charge in [-0.2, -0.15) is 0 Å². The normalized spacial score (nSPS) is 10.0. The molecule has 0 atom stereocenters. The van der Waals surface area contributed by atoms with Crippen molar-refractivity contribution in [1.82, 2.24) is 4.90 Å². The molecule has 0 aliphatic heterocycles. The highest BCUT2D eigenvalue weighted by Gasteiger charge is 2.15. The maximum Gasteiger partial charge on any atom is 0.311 e. The van der Waals surface area contributed by atoms with Crippen LogP contribution in [0.4, 0.5) is 5.69 Å². The fourth-order valence-corrected chi connectivity index (χ4v) is 1.48. The molecule has 17 heavy (non-hydrogen) atoms. The Hall–Kier alpha value is -1.82. The molecular formula is C10H11ClN2O4. The number of hydrogen-bond donors (Lipinski definition) is 1. The Bertz CT molecular complexity index is 450. The van der Waals surface area contributed by atoms with Crippen molar-refractivity contribution in [3.8, 4) is 5.75 Å². The third-order valence-corrected chi connectivity index (χ3v) is 2.42. The number of phenols is 1. The topological polar surface area (TPSA) is 83.7 Å². The minimum absolute atomic E-state index is 0.142. The molecule has 0 heterocycles. The molecule has 0 radical (unpaired) electrons. The zero-order chi connectivity index (χ0) is 13.0. The summed E-state index contributed by atoms with van der Waals surface area (Å²) in [6.07, 6.45) is 0. The van der Waals surface area contributed by atoms with Crippen molar-refractivity contribution in [3.63, 3.8) is 0 Å². The first-order valence-electron chi connectivity index (χ1n) is 4.72. The van der Waals surface area contributed by atoms with E-state index in [1.54, 1.807) is 7.05 Å². The largest absolute Gasteiger partial charge is 0.502 e. The Balaban J connectivity index is 2.90. The van der Waals surface area contributed by atoms with Crippen LogP contribution in [0.1, 0.15) is 5.56 Å². The number of alkyl halides is 1.